The average Bonchev–Trinajstić information content (AvgIpc) is 2.40. The van der Waals surface area contributed by atoms with E-state index in [0.717, 1.165) is 0 Å². The summed E-state index contributed by atoms with van der Waals surface area (Å²) in [5.41, 5.74) is 5.95. The fourth-order valence-corrected chi connectivity index (χ4v) is 1.43. The van der Waals surface area contributed by atoms with E-state index in [1.54, 1.807) is 24.3 Å². The van der Waals surface area contributed by atoms with Crippen LogP contribution in [0.1, 0.15) is 20.7 Å². The van der Waals surface area contributed by atoms with Crippen LogP contribution in [-0.2, 0) is 0 Å². The molecule has 0 bridgehead atoms. The summed E-state index contributed by atoms with van der Waals surface area (Å²) in [6.07, 6.45) is 0. The molecule has 0 saturated heterocycles. The maximum Gasteiger partial charge on any atom is 0.343 e. The Bertz CT molecular complexity index is 561. The minimum absolute atomic E-state index is 0.369. The van der Waals surface area contributed by atoms with Crippen molar-refractivity contribution in [2.24, 2.45) is 5.73 Å². The Morgan fingerprint density at radius 3 is 2.00 bits per heavy atom. The second kappa shape index (κ2) is 5.14. The van der Waals surface area contributed by atoms with E-state index < -0.39 is 11.9 Å². The molecule has 0 radical (unpaired) electrons. The molecule has 0 fully saturated rings. The molecular weight excluding hydrogens is 230 g/mol. The second-order valence-electron chi connectivity index (χ2n) is 3.64. The summed E-state index contributed by atoms with van der Waals surface area (Å²) >= 11 is 0. The van der Waals surface area contributed by atoms with Crippen LogP contribution in [0.4, 0.5) is 0 Å². The SMILES string of the molecule is NC(=O)c1ccc(OC(=O)c2ccccc2)cc1. The lowest BCUT2D eigenvalue weighted by Gasteiger charge is -2.04. The van der Waals surface area contributed by atoms with Gasteiger partial charge in [0.1, 0.15) is 5.75 Å². The number of nitrogens with two attached hydrogens (primary N) is 1. The van der Waals surface area contributed by atoms with Crippen molar-refractivity contribution in [3.8, 4) is 5.75 Å². The van der Waals surface area contributed by atoms with Gasteiger partial charge in [0.05, 0.1) is 5.56 Å². The first-order valence-corrected chi connectivity index (χ1v) is 5.34. The molecule has 2 aromatic carbocycles. The molecule has 90 valence electrons. The van der Waals surface area contributed by atoms with E-state index in [-0.39, 0.29) is 0 Å². The van der Waals surface area contributed by atoms with Crippen LogP contribution in [0.5, 0.6) is 5.75 Å². The van der Waals surface area contributed by atoms with Crippen LogP contribution in [0.2, 0.25) is 0 Å². The van der Waals surface area contributed by atoms with Crippen molar-refractivity contribution in [1.29, 1.82) is 0 Å². The Hall–Kier alpha value is -2.62. The average molecular weight is 241 g/mol. The summed E-state index contributed by atoms with van der Waals surface area (Å²) in [7, 11) is 0. The van der Waals surface area contributed by atoms with Crippen molar-refractivity contribution in [2.45, 2.75) is 0 Å². The minimum atomic E-state index is -0.518. The predicted molar refractivity (Wildman–Crippen MR) is 66.4 cm³/mol. The van der Waals surface area contributed by atoms with E-state index in [1.165, 1.54) is 24.3 Å². The zero-order valence-electron chi connectivity index (χ0n) is 9.50. The molecule has 0 aromatic heterocycles. The molecule has 0 saturated carbocycles. The van der Waals surface area contributed by atoms with Crippen LogP contribution in [0.15, 0.2) is 54.6 Å². The van der Waals surface area contributed by atoms with Crippen molar-refractivity contribution in [3.05, 3.63) is 65.7 Å². The van der Waals surface area contributed by atoms with Crippen molar-refractivity contribution in [3.63, 3.8) is 0 Å². The highest BCUT2D eigenvalue weighted by atomic mass is 16.5. The molecule has 4 heteroatoms. The Kier molecular flexibility index (Phi) is 3.38. The van der Waals surface area contributed by atoms with Gasteiger partial charge in [0.2, 0.25) is 5.91 Å². The first-order chi connectivity index (χ1) is 8.66. The molecule has 0 unspecified atom stereocenters. The predicted octanol–water partition coefficient (Wildman–Crippen LogP) is 2.00. The Labute approximate surface area is 104 Å². The van der Waals surface area contributed by atoms with Gasteiger partial charge in [-0.1, -0.05) is 18.2 Å². The van der Waals surface area contributed by atoms with Crippen molar-refractivity contribution in [1.82, 2.24) is 0 Å². The third-order valence-corrected chi connectivity index (χ3v) is 2.36. The van der Waals surface area contributed by atoms with E-state index in [4.69, 9.17) is 10.5 Å². The number of esters is 1. The molecule has 0 aliphatic heterocycles. The quantitative estimate of drug-likeness (QED) is 0.660. The van der Waals surface area contributed by atoms with Crippen molar-refractivity contribution < 1.29 is 14.3 Å². The zero-order chi connectivity index (χ0) is 13.0. The monoisotopic (exact) mass is 241 g/mol. The third-order valence-electron chi connectivity index (χ3n) is 2.36. The van der Waals surface area contributed by atoms with Crippen LogP contribution >= 0.6 is 0 Å². The van der Waals surface area contributed by atoms with E-state index in [1.807, 2.05) is 6.07 Å². The minimum Gasteiger partial charge on any atom is -0.423 e. The van der Waals surface area contributed by atoms with E-state index in [2.05, 4.69) is 0 Å². The molecule has 1 amide bonds. The normalized spacial score (nSPS) is 9.78. The van der Waals surface area contributed by atoms with Gasteiger partial charge in [-0.3, -0.25) is 4.79 Å². The van der Waals surface area contributed by atoms with Gasteiger partial charge in [-0.25, -0.2) is 4.79 Å². The van der Waals surface area contributed by atoms with E-state index in [0.29, 0.717) is 16.9 Å². The lowest BCUT2D eigenvalue weighted by Crippen LogP contribution is -2.11. The molecule has 2 N–H and O–H groups in total. The topological polar surface area (TPSA) is 69.4 Å². The van der Waals surface area contributed by atoms with Crippen LogP contribution in [0, 0.1) is 0 Å². The maximum absolute atomic E-state index is 11.7. The Balaban J connectivity index is 2.10. The lowest BCUT2D eigenvalue weighted by molar-refractivity contribution is 0.0734. The molecular formula is C14H11NO3. The van der Waals surface area contributed by atoms with Crippen LogP contribution < -0.4 is 10.5 Å². The number of primary amides is 1. The largest absolute Gasteiger partial charge is 0.423 e. The van der Waals surface area contributed by atoms with E-state index in [9.17, 15) is 9.59 Å². The molecule has 0 atom stereocenters. The lowest BCUT2D eigenvalue weighted by atomic mass is 10.2. The van der Waals surface area contributed by atoms with Gasteiger partial charge >= 0.3 is 5.97 Å². The Morgan fingerprint density at radius 2 is 1.44 bits per heavy atom. The number of benzene rings is 2. The number of hydrogen-bond acceptors (Lipinski definition) is 3. The summed E-state index contributed by atoms with van der Waals surface area (Å²) in [5, 5.41) is 0. The maximum atomic E-state index is 11.7. The zero-order valence-corrected chi connectivity index (χ0v) is 9.50. The molecule has 0 heterocycles. The summed E-state index contributed by atoms with van der Waals surface area (Å²) in [6, 6.07) is 14.7. The molecule has 0 spiro atoms. The number of carbonyl (C=O) groups is 2. The highest BCUT2D eigenvalue weighted by Crippen LogP contribution is 2.14. The summed E-state index contributed by atoms with van der Waals surface area (Å²) in [4.78, 5) is 22.6. The second-order valence-corrected chi connectivity index (χ2v) is 3.64. The molecule has 4 nitrogen and oxygen atoms in total. The van der Waals surface area contributed by atoms with Crippen molar-refractivity contribution in [2.75, 3.05) is 0 Å². The van der Waals surface area contributed by atoms with Gasteiger partial charge in [0.15, 0.2) is 0 Å². The standard InChI is InChI=1S/C14H11NO3/c15-13(16)10-6-8-12(9-7-10)18-14(17)11-4-2-1-3-5-11/h1-9H,(H2,15,16). The number of carbonyl (C=O) groups excluding carboxylic acids is 2. The first kappa shape index (κ1) is 11.9. The highest BCUT2D eigenvalue weighted by molar-refractivity contribution is 5.93. The Morgan fingerprint density at radius 1 is 0.833 bits per heavy atom. The summed E-state index contributed by atoms with van der Waals surface area (Å²) in [5.74, 6) is -0.591. The van der Waals surface area contributed by atoms with Crippen LogP contribution in [-0.4, -0.2) is 11.9 Å². The molecule has 0 aliphatic carbocycles. The van der Waals surface area contributed by atoms with Gasteiger partial charge in [-0.05, 0) is 36.4 Å². The molecule has 2 aromatic rings. The highest BCUT2D eigenvalue weighted by Gasteiger charge is 2.08. The van der Waals surface area contributed by atoms with Gasteiger partial charge < -0.3 is 10.5 Å². The fourth-order valence-electron chi connectivity index (χ4n) is 1.43. The van der Waals surface area contributed by atoms with Gasteiger partial charge in [-0.2, -0.15) is 0 Å². The summed E-state index contributed by atoms with van der Waals surface area (Å²) < 4.78 is 5.14. The number of rotatable bonds is 3. The molecule has 0 aliphatic rings. The molecule has 2 rings (SSSR count). The molecule has 18 heavy (non-hydrogen) atoms. The van der Waals surface area contributed by atoms with Crippen molar-refractivity contribution >= 4 is 11.9 Å². The van der Waals surface area contributed by atoms with Crippen LogP contribution in [0.3, 0.4) is 0 Å². The first-order valence-electron chi connectivity index (χ1n) is 5.34. The van der Waals surface area contributed by atoms with Gasteiger partial charge in [0.25, 0.3) is 0 Å². The smallest absolute Gasteiger partial charge is 0.343 e. The van der Waals surface area contributed by atoms with Crippen LogP contribution in [0.25, 0.3) is 0 Å². The van der Waals surface area contributed by atoms with Gasteiger partial charge in [-0.15, -0.1) is 0 Å². The summed E-state index contributed by atoms with van der Waals surface area (Å²) in [6.45, 7) is 0. The third kappa shape index (κ3) is 2.74. The number of ether oxygens (including phenoxy) is 1. The number of hydrogen-bond donors (Lipinski definition) is 1. The number of amides is 1. The van der Waals surface area contributed by atoms with E-state index >= 15 is 0 Å². The van der Waals surface area contributed by atoms with Gasteiger partial charge in [0, 0.05) is 5.56 Å². The fraction of sp³-hybridized carbons (Fsp3) is 0.